The number of halogens is 1. The first-order chi connectivity index (χ1) is 14.3. The highest BCUT2D eigenvalue weighted by molar-refractivity contribution is 7.89. The molecule has 1 atom stereocenters. The first-order valence-corrected chi connectivity index (χ1v) is 11.8. The fraction of sp³-hybridized carbons (Fsp3) is 0.238. The van der Waals surface area contributed by atoms with Gasteiger partial charge in [0.15, 0.2) is 0 Å². The van der Waals surface area contributed by atoms with Crippen LogP contribution in [0.2, 0.25) is 0 Å². The zero-order valence-electron chi connectivity index (χ0n) is 16.2. The molecule has 2 aromatic carbocycles. The van der Waals surface area contributed by atoms with E-state index in [-0.39, 0.29) is 17.3 Å². The number of sulfonamides is 1. The van der Waals surface area contributed by atoms with Crippen LogP contribution in [-0.4, -0.2) is 36.2 Å². The summed E-state index contributed by atoms with van der Waals surface area (Å²) in [5.41, 5.74) is 2.28. The third-order valence-corrected chi connectivity index (χ3v) is 7.67. The van der Waals surface area contributed by atoms with Gasteiger partial charge in [0.05, 0.1) is 15.6 Å². The number of aryl methyl sites for hydroxylation is 1. The monoisotopic (exact) mass is 445 g/mol. The van der Waals surface area contributed by atoms with Gasteiger partial charge < -0.3 is 5.32 Å². The van der Waals surface area contributed by atoms with Gasteiger partial charge in [-0.05, 0) is 56.2 Å². The molecule has 0 saturated carbocycles. The minimum absolute atomic E-state index is 0.0236. The standard InChI is InChI=1S/C21H20FN3O3S2/c1-14-23-19(13-29-14)15-4-2-5-17(12-15)24-21(26)20-6-3-11-25(20)30(27,28)18-9-7-16(22)8-10-18/h2,4-5,7-10,12-13,20H,3,6,11H2,1H3,(H,24,26)/t20-/m1/s1. The van der Waals surface area contributed by atoms with Crippen molar-refractivity contribution in [2.45, 2.75) is 30.7 Å². The fourth-order valence-electron chi connectivity index (χ4n) is 3.51. The lowest BCUT2D eigenvalue weighted by molar-refractivity contribution is -0.119. The van der Waals surface area contributed by atoms with E-state index in [0.717, 1.165) is 28.4 Å². The molecule has 1 aromatic heterocycles. The van der Waals surface area contributed by atoms with Crippen molar-refractivity contribution in [2.75, 3.05) is 11.9 Å². The van der Waals surface area contributed by atoms with Gasteiger partial charge in [-0.2, -0.15) is 4.31 Å². The van der Waals surface area contributed by atoms with Crippen LogP contribution in [0.5, 0.6) is 0 Å². The lowest BCUT2D eigenvalue weighted by atomic mass is 10.1. The summed E-state index contributed by atoms with van der Waals surface area (Å²) in [6, 6.07) is 11.1. The maximum absolute atomic E-state index is 13.2. The largest absolute Gasteiger partial charge is 0.325 e. The number of aromatic nitrogens is 1. The number of carbonyl (C=O) groups is 1. The number of rotatable bonds is 5. The van der Waals surface area contributed by atoms with E-state index in [9.17, 15) is 17.6 Å². The van der Waals surface area contributed by atoms with Crippen LogP contribution in [0, 0.1) is 12.7 Å². The maximum Gasteiger partial charge on any atom is 0.243 e. The van der Waals surface area contributed by atoms with E-state index in [0.29, 0.717) is 18.5 Å². The smallest absolute Gasteiger partial charge is 0.243 e. The van der Waals surface area contributed by atoms with Gasteiger partial charge in [0, 0.05) is 23.2 Å². The molecule has 3 aromatic rings. The SMILES string of the molecule is Cc1nc(-c2cccc(NC(=O)[C@H]3CCCN3S(=O)(=O)c3ccc(F)cc3)c2)cs1. The molecule has 0 bridgehead atoms. The van der Waals surface area contributed by atoms with Crippen LogP contribution < -0.4 is 5.32 Å². The van der Waals surface area contributed by atoms with E-state index in [4.69, 9.17) is 0 Å². The Hall–Kier alpha value is -2.62. The second kappa shape index (κ2) is 8.25. The quantitative estimate of drug-likeness (QED) is 0.643. The number of thiazole rings is 1. The molecule has 1 N–H and O–H groups in total. The molecule has 0 spiro atoms. The van der Waals surface area contributed by atoms with Crippen LogP contribution in [0.1, 0.15) is 17.8 Å². The normalized spacial score (nSPS) is 17.2. The van der Waals surface area contributed by atoms with Gasteiger partial charge in [0.2, 0.25) is 15.9 Å². The van der Waals surface area contributed by atoms with E-state index >= 15 is 0 Å². The van der Waals surface area contributed by atoms with Crippen molar-refractivity contribution in [3.8, 4) is 11.3 Å². The number of hydrogen-bond acceptors (Lipinski definition) is 5. The molecule has 1 fully saturated rings. The maximum atomic E-state index is 13.2. The van der Waals surface area contributed by atoms with E-state index in [1.54, 1.807) is 17.4 Å². The highest BCUT2D eigenvalue weighted by Crippen LogP contribution is 2.28. The number of amides is 1. The molecule has 0 aliphatic carbocycles. The summed E-state index contributed by atoms with van der Waals surface area (Å²) in [6.45, 7) is 2.17. The summed E-state index contributed by atoms with van der Waals surface area (Å²) < 4.78 is 40.3. The number of nitrogens with one attached hydrogen (secondary N) is 1. The average Bonchev–Trinajstić information content (AvgIpc) is 3.38. The van der Waals surface area contributed by atoms with Crippen molar-refractivity contribution in [3.05, 3.63) is 64.7 Å². The van der Waals surface area contributed by atoms with Crippen molar-refractivity contribution in [2.24, 2.45) is 0 Å². The first-order valence-electron chi connectivity index (χ1n) is 9.45. The van der Waals surface area contributed by atoms with Gasteiger partial charge >= 0.3 is 0 Å². The molecule has 4 rings (SSSR count). The second-order valence-corrected chi connectivity index (χ2v) is 10.0. The molecule has 1 aliphatic heterocycles. The van der Waals surface area contributed by atoms with Crippen LogP contribution in [-0.2, 0) is 14.8 Å². The van der Waals surface area contributed by atoms with Crippen molar-refractivity contribution < 1.29 is 17.6 Å². The average molecular weight is 446 g/mol. The minimum Gasteiger partial charge on any atom is -0.325 e. The second-order valence-electron chi connectivity index (χ2n) is 7.05. The first kappa shape index (κ1) is 20.6. The van der Waals surface area contributed by atoms with Crippen molar-refractivity contribution in [1.82, 2.24) is 9.29 Å². The molecule has 1 amide bonds. The summed E-state index contributed by atoms with van der Waals surface area (Å²) in [7, 11) is -3.89. The van der Waals surface area contributed by atoms with Crippen LogP contribution in [0.15, 0.2) is 58.8 Å². The Balaban J connectivity index is 1.54. The number of carbonyl (C=O) groups excluding carboxylic acids is 1. The summed E-state index contributed by atoms with van der Waals surface area (Å²) in [6.07, 6.45) is 1.01. The van der Waals surface area contributed by atoms with Crippen LogP contribution in [0.4, 0.5) is 10.1 Å². The van der Waals surface area contributed by atoms with Crippen molar-refractivity contribution >= 4 is 33.0 Å². The Morgan fingerprint density at radius 2 is 2.00 bits per heavy atom. The minimum atomic E-state index is -3.89. The lowest BCUT2D eigenvalue weighted by Crippen LogP contribution is -2.43. The molecular formula is C21H20FN3O3S2. The number of benzene rings is 2. The summed E-state index contributed by atoms with van der Waals surface area (Å²) >= 11 is 1.55. The third-order valence-electron chi connectivity index (χ3n) is 4.97. The molecule has 2 heterocycles. The van der Waals surface area contributed by atoms with Crippen LogP contribution in [0.3, 0.4) is 0 Å². The molecule has 0 radical (unpaired) electrons. The fourth-order valence-corrected chi connectivity index (χ4v) is 5.79. The van der Waals surface area contributed by atoms with E-state index in [1.165, 1.54) is 16.4 Å². The summed E-state index contributed by atoms with van der Waals surface area (Å²) in [5.74, 6) is -0.898. The molecule has 6 nitrogen and oxygen atoms in total. The van der Waals surface area contributed by atoms with Gasteiger partial charge in [0.25, 0.3) is 0 Å². The van der Waals surface area contributed by atoms with Crippen molar-refractivity contribution in [3.63, 3.8) is 0 Å². The molecule has 9 heteroatoms. The highest BCUT2D eigenvalue weighted by atomic mass is 32.2. The zero-order chi connectivity index (χ0) is 21.3. The number of nitrogens with zero attached hydrogens (tertiary/aromatic N) is 2. The Labute approximate surface area is 178 Å². The Bertz CT molecular complexity index is 1180. The molecule has 0 unspecified atom stereocenters. The van der Waals surface area contributed by atoms with Gasteiger partial charge in [0.1, 0.15) is 11.9 Å². The number of anilines is 1. The highest BCUT2D eigenvalue weighted by Gasteiger charge is 2.39. The predicted octanol–water partition coefficient (Wildman–Crippen LogP) is 4.05. The summed E-state index contributed by atoms with van der Waals surface area (Å²) in [5, 5.41) is 5.73. The van der Waals surface area contributed by atoms with Gasteiger partial charge in [-0.15, -0.1) is 11.3 Å². The van der Waals surface area contributed by atoms with E-state index in [1.807, 2.05) is 30.5 Å². The Kier molecular flexibility index (Phi) is 5.68. The van der Waals surface area contributed by atoms with E-state index in [2.05, 4.69) is 10.3 Å². The number of hydrogen-bond donors (Lipinski definition) is 1. The molecule has 30 heavy (non-hydrogen) atoms. The van der Waals surface area contributed by atoms with Crippen LogP contribution >= 0.6 is 11.3 Å². The van der Waals surface area contributed by atoms with Crippen molar-refractivity contribution in [1.29, 1.82) is 0 Å². The van der Waals surface area contributed by atoms with Crippen LogP contribution in [0.25, 0.3) is 11.3 Å². The van der Waals surface area contributed by atoms with Gasteiger partial charge in [-0.1, -0.05) is 12.1 Å². The third kappa shape index (κ3) is 4.14. The topological polar surface area (TPSA) is 79.4 Å². The molecule has 156 valence electrons. The molecule has 1 saturated heterocycles. The molecular weight excluding hydrogens is 425 g/mol. The van der Waals surface area contributed by atoms with Gasteiger partial charge in [-0.3, -0.25) is 4.79 Å². The Morgan fingerprint density at radius 1 is 1.23 bits per heavy atom. The van der Waals surface area contributed by atoms with Gasteiger partial charge in [-0.25, -0.2) is 17.8 Å². The zero-order valence-corrected chi connectivity index (χ0v) is 17.8. The predicted molar refractivity (Wildman–Crippen MR) is 114 cm³/mol. The molecule has 1 aliphatic rings. The summed E-state index contributed by atoms with van der Waals surface area (Å²) in [4.78, 5) is 17.3. The lowest BCUT2D eigenvalue weighted by Gasteiger charge is -2.23. The van der Waals surface area contributed by atoms with E-state index < -0.39 is 21.9 Å². The Morgan fingerprint density at radius 3 is 2.70 bits per heavy atom.